The lowest BCUT2D eigenvalue weighted by molar-refractivity contribution is -0.121. The van der Waals surface area contributed by atoms with E-state index in [1.165, 1.54) is 12.1 Å². The second kappa shape index (κ2) is 9.54. The third-order valence-electron chi connectivity index (χ3n) is 4.70. The highest BCUT2D eigenvalue weighted by molar-refractivity contribution is 7.92. The van der Waals surface area contributed by atoms with Gasteiger partial charge in [0.1, 0.15) is 6.54 Å². The third-order valence-corrected chi connectivity index (χ3v) is 6.74. The van der Waals surface area contributed by atoms with E-state index in [1.54, 1.807) is 42.5 Å². The Bertz CT molecular complexity index is 1120. The number of halogens is 1. The van der Waals surface area contributed by atoms with Crippen LogP contribution in [-0.4, -0.2) is 26.4 Å². The highest BCUT2D eigenvalue weighted by atomic mass is 35.5. The zero-order valence-corrected chi connectivity index (χ0v) is 19.0. The second-order valence-corrected chi connectivity index (χ2v) is 10.2. The predicted octanol–water partition coefficient (Wildman–Crippen LogP) is 4.67. The van der Waals surface area contributed by atoms with Gasteiger partial charge in [0.25, 0.3) is 10.0 Å². The van der Waals surface area contributed by atoms with Crippen LogP contribution in [0.15, 0.2) is 89.8 Å². The summed E-state index contributed by atoms with van der Waals surface area (Å²) in [6.45, 7) is 3.48. The summed E-state index contributed by atoms with van der Waals surface area (Å²) in [4.78, 5) is 13.0. The molecule has 3 aromatic rings. The van der Waals surface area contributed by atoms with Crippen LogP contribution in [0.25, 0.3) is 0 Å². The van der Waals surface area contributed by atoms with Crippen LogP contribution >= 0.6 is 11.6 Å². The van der Waals surface area contributed by atoms with Crippen LogP contribution in [0.3, 0.4) is 0 Å². The molecule has 1 N–H and O–H groups in total. The van der Waals surface area contributed by atoms with E-state index in [0.717, 1.165) is 9.87 Å². The highest BCUT2D eigenvalue weighted by Crippen LogP contribution is 2.25. The molecule has 0 atom stereocenters. The Labute approximate surface area is 188 Å². The van der Waals surface area contributed by atoms with Gasteiger partial charge in [-0.2, -0.15) is 0 Å². The Morgan fingerprint density at radius 2 is 1.45 bits per heavy atom. The molecular weight excluding hydrogens is 432 g/mol. The number of nitrogens with zero attached hydrogens (tertiary/aromatic N) is 1. The molecule has 162 valence electrons. The van der Waals surface area contributed by atoms with Crippen molar-refractivity contribution in [2.45, 2.75) is 30.7 Å². The average molecular weight is 457 g/mol. The fourth-order valence-electron chi connectivity index (χ4n) is 3.34. The molecule has 0 fully saturated rings. The molecule has 0 bridgehead atoms. The fraction of sp³-hybridized carbons (Fsp3) is 0.208. The first-order valence-corrected chi connectivity index (χ1v) is 11.7. The maximum absolute atomic E-state index is 13.3. The second-order valence-electron chi connectivity index (χ2n) is 7.90. The molecule has 0 aromatic heterocycles. The highest BCUT2D eigenvalue weighted by Gasteiger charge is 2.29. The Balaban J connectivity index is 1.84. The Morgan fingerprint density at radius 1 is 0.903 bits per heavy atom. The van der Waals surface area contributed by atoms with E-state index in [-0.39, 0.29) is 11.4 Å². The quantitative estimate of drug-likeness (QED) is 0.535. The van der Waals surface area contributed by atoms with Crippen molar-refractivity contribution in [3.05, 3.63) is 95.5 Å². The number of sulfonamides is 1. The van der Waals surface area contributed by atoms with Crippen molar-refractivity contribution in [2.75, 3.05) is 10.8 Å². The van der Waals surface area contributed by atoms with Crippen molar-refractivity contribution < 1.29 is 13.2 Å². The maximum Gasteiger partial charge on any atom is 0.264 e. The lowest BCUT2D eigenvalue weighted by Crippen LogP contribution is -2.50. The fourth-order valence-corrected chi connectivity index (χ4v) is 4.91. The molecular formula is C24H25ClN2O3S. The molecule has 0 aliphatic heterocycles. The van der Waals surface area contributed by atoms with Gasteiger partial charge in [-0.1, -0.05) is 60.1 Å². The number of hydrogen-bond acceptors (Lipinski definition) is 3. The minimum atomic E-state index is -3.95. The summed E-state index contributed by atoms with van der Waals surface area (Å²) >= 11 is 5.97. The van der Waals surface area contributed by atoms with Gasteiger partial charge in [-0.3, -0.25) is 9.10 Å². The van der Waals surface area contributed by atoms with Gasteiger partial charge in [-0.25, -0.2) is 8.42 Å². The lowest BCUT2D eigenvalue weighted by atomic mass is 9.95. The van der Waals surface area contributed by atoms with Gasteiger partial charge in [0.15, 0.2) is 0 Å². The molecule has 0 spiro atoms. The number of anilines is 1. The minimum Gasteiger partial charge on any atom is -0.349 e. The maximum atomic E-state index is 13.3. The van der Waals surface area contributed by atoms with Crippen molar-refractivity contribution in [2.24, 2.45) is 0 Å². The van der Waals surface area contributed by atoms with E-state index in [9.17, 15) is 13.2 Å². The summed E-state index contributed by atoms with van der Waals surface area (Å²) in [7, 11) is -3.95. The minimum absolute atomic E-state index is 0.112. The van der Waals surface area contributed by atoms with Gasteiger partial charge in [-0.15, -0.1) is 0 Å². The van der Waals surface area contributed by atoms with Crippen molar-refractivity contribution in [1.29, 1.82) is 0 Å². The monoisotopic (exact) mass is 456 g/mol. The number of carbonyl (C=O) groups excluding carboxylic acids is 1. The van der Waals surface area contributed by atoms with Gasteiger partial charge in [0, 0.05) is 10.6 Å². The van der Waals surface area contributed by atoms with Gasteiger partial charge in [0.2, 0.25) is 5.91 Å². The molecule has 0 saturated heterocycles. The van der Waals surface area contributed by atoms with Crippen LogP contribution in [0.5, 0.6) is 0 Å². The van der Waals surface area contributed by atoms with Gasteiger partial charge >= 0.3 is 0 Å². The number of rotatable bonds is 8. The molecule has 0 unspecified atom stereocenters. The van der Waals surface area contributed by atoms with Crippen molar-refractivity contribution in [3.63, 3.8) is 0 Å². The molecule has 0 radical (unpaired) electrons. The summed E-state index contributed by atoms with van der Waals surface area (Å²) < 4.78 is 27.7. The number of nitrogens with one attached hydrogen (secondary N) is 1. The molecule has 3 rings (SSSR count). The van der Waals surface area contributed by atoms with Gasteiger partial charge in [-0.05, 0) is 62.2 Å². The smallest absolute Gasteiger partial charge is 0.264 e. The molecule has 7 heteroatoms. The van der Waals surface area contributed by atoms with Crippen LogP contribution in [0.4, 0.5) is 5.69 Å². The third kappa shape index (κ3) is 6.09. The molecule has 0 aliphatic rings. The predicted molar refractivity (Wildman–Crippen MR) is 125 cm³/mol. The van der Waals surface area contributed by atoms with Crippen molar-refractivity contribution >= 4 is 33.2 Å². The lowest BCUT2D eigenvalue weighted by Gasteiger charge is -2.29. The van der Waals surface area contributed by atoms with Gasteiger partial charge in [0.05, 0.1) is 10.6 Å². The normalized spacial score (nSPS) is 11.7. The molecule has 1 amide bonds. The van der Waals surface area contributed by atoms with Crippen molar-refractivity contribution in [1.82, 2.24) is 5.32 Å². The molecule has 0 heterocycles. The summed E-state index contributed by atoms with van der Waals surface area (Å²) in [5, 5.41) is 3.45. The van der Waals surface area contributed by atoms with Crippen molar-refractivity contribution in [3.8, 4) is 0 Å². The first-order chi connectivity index (χ1) is 14.7. The Morgan fingerprint density at radius 3 is 2.03 bits per heavy atom. The van der Waals surface area contributed by atoms with Crippen LogP contribution < -0.4 is 9.62 Å². The summed E-state index contributed by atoms with van der Waals surface area (Å²) in [5.41, 5.74) is 0.893. The summed E-state index contributed by atoms with van der Waals surface area (Å²) in [6.07, 6.45) is 0.617. The van der Waals surface area contributed by atoms with Crippen LogP contribution in [0.2, 0.25) is 5.02 Å². The summed E-state index contributed by atoms with van der Waals surface area (Å²) in [5.74, 6) is -0.393. The molecule has 0 saturated carbocycles. The zero-order valence-electron chi connectivity index (χ0n) is 17.5. The van der Waals surface area contributed by atoms with Gasteiger partial charge < -0.3 is 5.32 Å². The topological polar surface area (TPSA) is 66.5 Å². The van der Waals surface area contributed by atoms with E-state index in [2.05, 4.69) is 5.32 Å². The molecule has 5 nitrogen and oxygen atoms in total. The van der Waals surface area contributed by atoms with E-state index in [4.69, 9.17) is 11.6 Å². The van der Waals surface area contributed by atoms with E-state index in [0.29, 0.717) is 17.1 Å². The van der Waals surface area contributed by atoms with Crippen LogP contribution in [0, 0.1) is 0 Å². The number of hydrogen-bond donors (Lipinski definition) is 1. The number of amides is 1. The zero-order chi connectivity index (χ0) is 22.5. The van der Waals surface area contributed by atoms with E-state index in [1.807, 2.05) is 44.2 Å². The number of benzene rings is 3. The molecule has 3 aromatic carbocycles. The number of carbonyl (C=O) groups is 1. The average Bonchev–Trinajstić information content (AvgIpc) is 2.73. The SMILES string of the molecule is CC(C)(Cc1ccccc1)NC(=O)CN(c1ccc(Cl)cc1)S(=O)(=O)c1ccccc1. The van der Waals surface area contributed by atoms with Crippen LogP contribution in [0.1, 0.15) is 19.4 Å². The van der Waals surface area contributed by atoms with Crippen LogP contribution in [-0.2, 0) is 21.2 Å². The van der Waals surface area contributed by atoms with E-state index >= 15 is 0 Å². The largest absolute Gasteiger partial charge is 0.349 e. The Hall–Kier alpha value is -2.83. The molecule has 0 aliphatic carbocycles. The first kappa shape index (κ1) is 22.8. The molecule has 31 heavy (non-hydrogen) atoms. The summed E-state index contributed by atoms with van der Waals surface area (Å²) in [6, 6.07) is 24.3. The Kier molecular flexibility index (Phi) is 7.03. The van der Waals surface area contributed by atoms with E-state index < -0.39 is 21.5 Å². The standard InChI is InChI=1S/C24H25ClN2O3S/c1-24(2,17-19-9-5-3-6-10-19)26-23(28)18-27(21-15-13-20(25)14-16-21)31(29,30)22-11-7-4-8-12-22/h3-16H,17-18H2,1-2H3,(H,26,28). The first-order valence-electron chi connectivity index (χ1n) is 9.86.